The molecule has 6 nitrogen and oxygen atoms in total. The van der Waals surface area contributed by atoms with Crippen molar-refractivity contribution in [3.8, 4) is 0 Å². The zero-order valence-corrected chi connectivity index (χ0v) is 14.2. The first-order valence-corrected chi connectivity index (χ1v) is 8.60. The average Bonchev–Trinajstić information content (AvgIpc) is 2.94. The SMILES string of the molecule is COCCNC(=O)Nc1nnc(SCc2ccccc2Cl)s1. The molecule has 1 aromatic carbocycles. The molecule has 9 heteroatoms. The molecule has 0 aliphatic carbocycles. The molecule has 2 rings (SSSR count). The summed E-state index contributed by atoms with van der Waals surface area (Å²) in [6.45, 7) is 0.901. The van der Waals surface area contributed by atoms with Gasteiger partial charge in [0.2, 0.25) is 5.13 Å². The molecule has 0 aliphatic heterocycles. The maximum atomic E-state index is 11.6. The van der Waals surface area contributed by atoms with E-state index in [0.29, 0.717) is 24.0 Å². The van der Waals surface area contributed by atoms with Crippen LogP contribution in [0.2, 0.25) is 5.02 Å². The Balaban J connectivity index is 1.81. The molecule has 0 radical (unpaired) electrons. The number of carbonyl (C=O) groups is 1. The number of anilines is 1. The third kappa shape index (κ3) is 5.45. The largest absolute Gasteiger partial charge is 0.383 e. The normalized spacial score (nSPS) is 10.5. The summed E-state index contributed by atoms with van der Waals surface area (Å²) in [4.78, 5) is 11.6. The molecule has 2 amide bonds. The standard InChI is InChI=1S/C13H15ClN4O2S2/c1-20-7-6-15-11(19)16-12-17-18-13(22-12)21-8-9-4-2-3-5-10(9)14/h2-5H,6-8H2,1H3,(H2,15,16,17,19). The van der Waals surface area contributed by atoms with Crippen molar-refractivity contribution in [1.82, 2.24) is 15.5 Å². The summed E-state index contributed by atoms with van der Waals surface area (Å²) in [5, 5.41) is 14.4. The predicted molar refractivity (Wildman–Crippen MR) is 89.8 cm³/mol. The maximum Gasteiger partial charge on any atom is 0.321 e. The number of hydrogen-bond acceptors (Lipinski definition) is 6. The zero-order valence-electron chi connectivity index (χ0n) is 11.8. The number of aromatic nitrogens is 2. The summed E-state index contributed by atoms with van der Waals surface area (Å²) < 4.78 is 5.62. The summed E-state index contributed by atoms with van der Waals surface area (Å²) >= 11 is 8.95. The van der Waals surface area contributed by atoms with E-state index in [9.17, 15) is 4.79 Å². The van der Waals surface area contributed by atoms with Crippen LogP contribution in [0, 0.1) is 0 Å². The molecule has 118 valence electrons. The molecule has 0 aliphatic rings. The van der Waals surface area contributed by atoms with Gasteiger partial charge in [0.1, 0.15) is 0 Å². The van der Waals surface area contributed by atoms with Gasteiger partial charge in [0, 0.05) is 24.4 Å². The Bertz CT molecular complexity index is 624. The number of halogens is 1. The van der Waals surface area contributed by atoms with Gasteiger partial charge >= 0.3 is 6.03 Å². The van der Waals surface area contributed by atoms with E-state index < -0.39 is 0 Å². The lowest BCUT2D eigenvalue weighted by atomic mass is 10.2. The Morgan fingerprint density at radius 3 is 3.00 bits per heavy atom. The van der Waals surface area contributed by atoms with Gasteiger partial charge in [0.15, 0.2) is 4.34 Å². The van der Waals surface area contributed by atoms with Gasteiger partial charge in [-0.3, -0.25) is 5.32 Å². The van der Waals surface area contributed by atoms with E-state index in [4.69, 9.17) is 16.3 Å². The Hall–Kier alpha value is -1.35. The van der Waals surface area contributed by atoms with Crippen LogP contribution in [-0.4, -0.2) is 36.5 Å². The highest BCUT2D eigenvalue weighted by molar-refractivity contribution is 8.00. The number of hydrogen-bond donors (Lipinski definition) is 2. The molecule has 0 fully saturated rings. The number of carbonyl (C=O) groups excluding carboxylic acids is 1. The molecule has 0 bridgehead atoms. The van der Waals surface area contributed by atoms with Crippen LogP contribution >= 0.6 is 34.7 Å². The first-order chi connectivity index (χ1) is 10.7. The Labute approximate surface area is 141 Å². The van der Waals surface area contributed by atoms with Crippen molar-refractivity contribution in [2.24, 2.45) is 0 Å². The monoisotopic (exact) mass is 358 g/mol. The lowest BCUT2D eigenvalue weighted by molar-refractivity contribution is 0.198. The Morgan fingerprint density at radius 1 is 1.41 bits per heavy atom. The second kappa shape index (κ2) is 8.94. The average molecular weight is 359 g/mol. The summed E-state index contributed by atoms with van der Waals surface area (Å²) in [6.07, 6.45) is 0. The number of rotatable bonds is 7. The van der Waals surface area contributed by atoms with Crippen LogP contribution in [0.3, 0.4) is 0 Å². The predicted octanol–water partition coefficient (Wildman–Crippen LogP) is 3.25. The highest BCUT2D eigenvalue weighted by Gasteiger charge is 2.09. The van der Waals surface area contributed by atoms with Crippen LogP contribution < -0.4 is 10.6 Å². The van der Waals surface area contributed by atoms with E-state index >= 15 is 0 Å². The number of nitrogens with zero attached hydrogens (tertiary/aromatic N) is 2. The molecular formula is C13H15ClN4O2S2. The van der Waals surface area contributed by atoms with E-state index in [2.05, 4.69) is 20.8 Å². The Kier molecular flexibility index (Phi) is 6.91. The van der Waals surface area contributed by atoms with Gasteiger partial charge in [-0.15, -0.1) is 10.2 Å². The Morgan fingerprint density at radius 2 is 2.23 bits per heavy atom. The van der Waals surface area contributed by atoms with Crippen LogP contribution in [0.15, 0.2) is 28.6 Å². The number of ether oxygens (including phenoxy) is 1. The van der Waals surface area contributed by atoms with Crippen molar-refractivity contribution in [2.75, 3.05) is 25.6 Å². The van der Waals surface area contributed by atoms with Crippen molar-refractivity contribution >= 4 is 45.9 Å². The summed E-state index contributed by atoms with van der Waals surface area (Å²) in [5.74, 6) is 0.703. The van der Waals surface area contributed by atoms with E-state index in [1.165, 1.54) is 23.1 Å². The minimum Gasteiger partial charge on any atom is -0.383 e. The number of amides is 2. The molecule has 1 heterocycles. The van der Waals surface area contributed by atoms with Crippen molar-refractivity contribution in [2.45, 2.75) is 10.1 Å². The summed E-state index contributed by atoms with van der Waals surface area (Å²) in [5.41, 5.74) is 1.04. The summed E-state index contributed by atoms with van der Waals surface area (Å²) in [6, 6.07) is 7.34. The lowest BCUT2D eigenvalue weighted by Crippen LogP contribution is -2.31. The van der Waals surface area contributed by atoms with Crippen LogP contribution in [0.25, 0.3) is 0 Å². The van der Waals surface area contributed by atoms with Gasteiger partial charge < -0.3 is 10.1 Å². The third-order valence-electron chi connectivity index (χ3n) is 2.53. The van der Waals surface area contributed by atoms with E-state index in [1.807, 2.05) is 24.3 Å². The second-order valence-electron chi connectivity index (χ2n) is 4.13. The second-order valence-corrected chi connectivity index (χ2v) is 6.73. The van der Waals surface area contributed by atoms with Crippen molar-refractivity contribution in [1.29, 1.82) is 0 Å². The topological polar surface area (TPSA) is 76.1 Å². The number of thioether (sulfide) groups is 1. The minimum absolute atomic E-state index is 0.323. The van der Waals surface area contributed by atoms with Crippen LogP contribution in [0.1, 0.15) is 5.56 Å². The fourth-order valence-electron chi connectivity index (χ4n) is 1.48. The molecule has 0 spiro atoms. The first-order valence-electron chi connectivity index (χ1n) is 6.42. The smallest absolute Gasteiger partial charge is 0.321 e. The number of urea groups is 1. The first kappa shape index (κ1) is 17.0. The number of methoxy groups -OCH3 is 1. The van der Waals surface area contributed by atoms with E-state index in [1.54, 1.807) is 7.11 Å². The zero-order chi connectivity index (χ0) is 15.8. The van der Waals surface area contributed by atoms with Crippen molar-refractivity contribution in [3.05, 3.63) is 34.9 Å². The number of benzene rings is 1. The third-order valence-corrected chi connectivity index (χ3v) is 4.92. The van der Waals surface area contributed by atoms with Crippen molar-refractivity contribution in [3.63, 3.8) is 0 Å². The molecule has 1 aromatic heterocycles. The quantitative estimate of drug-likeness (QED) is 0.451. The molecule has 0 saturated carbocycles. The van der Waals surface area contributed by atoms with Gasteiger partial charge in [-0.05, 0) is 11.6 Å². The fraction of sp³-hybridized carbons (Fsp3) is 0.308. The van der Waals surface area contributed by atoms with Gasteiger partial charge in [-0.25, -0.2) is 4.79 Å². The molecule has 2 aromatic rings. The van der Waals surface area contributed by atoms with E-state index in [0.717, 1.165) is 14.9 Å². The van der Waals surface area contributed by atoms with E-state index in [-0.39, 0.29) is 6.03 Å². The molecule has 22 heavy (non-hydrogen) atoms. The van der Waals surface area contributed by atoms with Crippen LogP contribution in [0.5, 0.6) is 0 Å². The van der Waals surface area contributed by atoms with Gasteiger partial charge in [-0.1, -0.05) is 52.9 Å². The van der Waals surface area contributed by atoms with Gasteiger partial charge in [-0.2, -0.15) is 0 Å². The highest BCUT2D eigenvalue weighted by Crippen LogP contribution is 2.30. The number of nitrogens with one attached hydrogen (secondary N) is 2. The molecule has 0 saturated heterocycles. The van der Waals surface area contributed by atoms with Crippen LogP contribution in [0.4, 0.5) is 9.93 Å². The van der Waals surface area contributed by atoms with Gasteiger partial charge in [0.05, 0.1) is 6.61 Å². The summed E-state index contributed by atoms with van der Waals surface area (Å²) in [7, 11) is 1.58. The lowest BCUT2D eigenvalue weighted by Gasteiger charge is -2.03. The van der Waals surface area contributed by atoms with Crippen molar-refractivity contribution < 1.29 is 9.53 Å². The molecule has 0 atom stereocenters. The molecule has 0 unspecified atom stereocenters. The maximum absolute atomic E-state index is 11.6. The molecule has 2 N–H and O–H groups in total. The van der Waals surface area contributed by atoms with Gasteiger partial charge in [0.25, 0.3) is 0 Å². The highest BCUT2D eigenvalue weighted by atomic mass is 35.5. The van der Waals surface area contributed by atoms with Crippen LogP contribution in [-0.2, 0) is 10.5 Å². The minimum atomic E-state index is -0.323. The molecular weight excluding hydrogens is 344 g/mol. The fourth-order valence-corrected chi connectivity index (χ4v) is 3.51.